The van der Waals surface area contributed by atoms with Crippen molar-refractivity contribution in [3.05, 3.63) is 41.5 Å². The maximum absolute atomic E-state index is 13.7. The summed E-state index contributed by atoms with van der Waals surface area (Å²) in [6.07, 6.45) is 7.31. The highest BCUT2D eigenvalue weighted by atomic mass is 16.6. The molecule has 42 heavy (non-hydrogen) atoms. The second-order valence-electron chi connectivity index (χ2n) is 12.5. The van der Waals surface area contributed by atoms with E-state index in [2.05, 4.69) is 22.0 Å². The van der Waals surface area contributed by atoms with E-state index < -0.39 is 47.1 Å². The highest BCUT2D eigenvalue weighted by Gasteiger charge is 2.50. The van der Waals surface area contributed by atoms with Crippen LogP contribution in [0.4, 0.5) is 0 Å². The summed E-state index contributed by atoms with van der Waals surface area (Å²) in [5.41, 5.74) is 0.348. The molecule has 1 aromatic rings. The van der Waals surface area contributed by atoms with Gasteiger partial charge in [-0.1, -0.05) is 30.7 Å². The fraction of sp³-hybridized carbons (Fsp3) is 0.625. The van der Waals surface area contributed by atoms with Gasteiger partial charge in [-0.15, -0.1) is 0 Å². The molecule has 0 aromatic heterocycles. The van der Waals surface area contributed by atoms with E-state index in [0.717, 1.165) is 30.4 Å². The fourth-order valence-electron chi connectivity index (χ4n) is 5.69. The van der Waals surface area contributed by atoms with Gasteiger partial charge >= 0.3 is 0 Å². The number of ether oxygens (including phenoxy) is 2. The van der Waals surface area contributed by atoms with Crippen LogP contribution in [0, 0.1) is 5.41 Å². The van der Waals surface area contributed by atoms with E-state index in [1.165, 1.54) is 0 Å². The van der Waals surface area contributed by atoms with Crippen molar-refractivity contribution < 1.29 is 33.8 Å². The first-order chi connectivity index (χ1) is 19.9. The Balaban J connectivity index is 1.47. The van der Waals surface area contributed by atoms with Crippen molar-refractivity contribution in [1.82, 2.24) is 16.0 Å². The molecule has 2 aliphatic carbocycles. The van der Waals surface area contributed by atoms with Crippen molar-refractivity contribution in [2.75, 3.05) is 13.7 Å². The molecule has 1 saturated carbocycles. The van der Waals surface area contributed by atoms with Gasteiger partial charge in [-0.3, -0.25) is 19.2 Å². The lowest BCUT2D eigenvalue weighted by molar-refractivity contribution is -0.137. The Morgan fingerprint density at radius 1 is 1.00 bits per heavy atom. The van der Waals surface area contributed by atoms with E-state index in [1.54, 1.807) is 33.1 Å². The number of carbonyl (C=O) groups is 4. The van der Waals surface area contributed by atoms with Gasteiger partial charge in [0.15, 0.2) is 5.78 Å². The Labute approximate surface area is 248 Å². The van der Waals surface area contributed by atoms with Crippen LogP contribution in [0.25, 0.3) is 0 Å². The summed E-state index contributed by atoms with van der Waals surface area (Å²) < 4.78 is 10.6. The maximum atomic E-state index is 13.7. The van der Waals surface area contributed by atoms with Crippen LogP contribution in [0.3, 0.4) is 0 Å². The van der Waals surface area contributed by atoms with Gasteiger partial charge in [-0.25, -0.2) is 0 Å². The molecule has 10 nitrogen and oxygen atoms in total. The average molecular weight is 584 g/mol. The number of hydrogen-bond donors (Lipinski definition) is 4. The van der Waals surface area contributed by atoms with Gasteiger partial charge in [0.25, 0.3) is 0 Å². The molecule has 0 radical (unpaired) electrons. The molecule has 0 unspecified atom stereocenters. The summed E-state index contributed by atoms with van der Waals surface area (Å²) in [5.74, 6) is -0.745. The Hall–Kier alpha value is -3.24. The second kappa shape index (κ2) is 13.4. The number of amides is 3. The first kappa shape index (κ1) is 31.7. The smallest absolute Gasteiger partial charge is 0.243 e. The van der Waals surface area contributed by atoms with Gasteiger partial charge in [0.05, 0.1) is 25.9 Å². The first-order valence-electron chi connectivity index (χ1n) is 15.0. The standard InChI is InChI=1S/C32H45N3O7/c1-20(33-30(40)31(2)15-13-23(36)14-16-31)28(38)35-26(18-22-9-11-24(41-4)12-10-22)29(39)34-25(17-21-7-5-6-8-21)27(37)32(3)19-42-32/h7,9-12,20,23,25-26,36H,5-6,8,13-19H2,1-4H3,(H,33,40)(H,34,39)(H,35,38)/t20-,23?,25+,26+,31?,32+/m1/s1. The van der Waals surface area contributed by atoms with Crippen LogP contribution in [-0.2, 0) is 30.3 Å². The monoisotopic (exact) mass is 583 g/mol. The van der Waals surface area contributed by atoms with Gasteiger partial charge in [-0.2, -0.15) is 0 Å². The predicted octanol–water partition coefficient (Wildman–Crippen LogP) is 2.51. The van der Waals surface area contributed by atoms with Crippen LogP contribution in [0.1, 0.15) is 77.7 Å². The molecule has 2 fully saturated rings. The zero-order valence-corrected chi connectivity index (χ0v) is 25.2. The summed E-state index contributed by atoms with van der Waals surface area (Å²) in [4.78, 5) is 53.5. The number of allylic oxidation sites excluding steroid dienone is 1. The molecule has 230 valence electrons. The number of nitrogens with one attached hydrogen (secondary N) is 3. The van der Waals surface area contributed by atoms with Crippen molar-refractivity contribution in [2.24, 2.45) is 5.41 Å². The summed E-state index contributed by atoms with van der Waals surface area (Å²) >= 11 is 0. The number of epoxide rings is 1. The lowest BCUT2D eigenvalue weighted by Crippen LogP contribution is -2.57. The Morgan fingerprint density at radius 3 is 2.21 bits per heavy atom. The van der Waals surface area contributed by atoms with E-state index in [-0.39, 0.29) is 18.1 Å². The largest absolute Gasteiger partial charge is 0.497 e. The molecule has 4 N–H and O–H groups in total. The molecular weight excluding hydrogens is 538 g/mol. The summed E-state index contributed by atoms with van der Waals surface area (Å²) in [7, 11) is 1.57. The number of Topliss-reactive ketones (excluding diaryl/α,β-unsaturated/α-hetero) is 1. The molecule has 1 aliphatic heterocycles. The quantitative estimate of drug-likeness (QED) is 0.206. The zero-order valence-electron chi connectivity index (χ0n) is 25.2. The number of benzene rings is 1. The molecule has 0 bridgehead atoms. The van der Waals surface area contributed by atoms with E-state index in [1.807, 2.05) is 19.1 Å². The van der Waals surface area contributed by atoms with E-state index in [4.69, 9.17) is 9.47 Å². The summed E-state index contributed by atoms with van der Waals surface area (Å²) in [6.45, 7) is 5.48. The molecule has 0 spiro atoms. The van der Waals surface area contributed by atoms with E-state index in [0.29, 0.717) is 44.5 Å². The Morgan fingerprint density at radius 2 is 1.64 bits per heavy atom. The third-order valence-corrected chi connectivity index (χ3v) is 8.91. The topological polar surface area (TPSA) is 146 Å². The summed E-state index contributed by atoms with van der Waals surface area (Å²) in [5, 5.41) is 18.4. The normalized spacial score (nSPS) is 27.2. The maximum Gasteiger partial charge on any atom is 0.243 e. The molecule has 1 aromatic carbocycles. The molecule has 4 atom stereocenters. The molecule has 3 aliphatic rings. The SMILES string of the molecule is COc1ccc(C[C@H](NC(=O)[C@@H](C)NC(=O)C2(C)CCC(O)CC2)C(=O)N[C@@H](CC2=CCCC2)C(=O)[C@]2(C)CO2)cc1. The van der Waals surface area contributed by atoms with Crippen LogP contribution in [0.5, 0.6) is 5.75 Å². The molecule has 4 rings (SSSR count). The van der Waals surface area contributed by atoms with Crippen LogP contribution in [-0.4, -0.2) is 72.2 Å². The van der Waals surface area contributed by atoms with Crippen molar-refractivity contribution in [3.8, 4) is 5.75 Å². The Bertz CT molecular complexity index is 1180. The number of carbonyl (C=O) groups excluding carboxylic acids is 4. The highest BCUT2D eigenvalue weighted by molar-refractivity contribution is 5.98. The zero-order chi connectivity index (χ0) is 30.5. The van der Waals surface area contributed by atoms with Crippen LogP contribution in [0.2, 0.25) is 0 Å². The number of ketones is 1. The number of aliphatic hydroxyl groups excluding tert-OH is 1. The molecule has 10 heteroatoms. The number of rotatable bonds is 13. The third kappa shape index (κ3) is 7.98. The van der Waals surface area contributed by atoms with Gasteiger partial charge in [0.2, 0.25) is 17.7 Å². The number of methoxy groups -OCH3 is 1. The number of aliphatic hydroxyl groups is 1. The lowest BCUT2D eigenvalue weighted by atomic mass is 9.74. The molecule has 1 saturated heterocycles. The fourth-order valence-corrected chi connectivity index (χ4v) is 5.69. The van der Waals surface area contributed by atoms with E-state index in [9.17, 15) is 24.3 Å². The van der Waals surface area contributed by atoms with Crippen LogP contribution < -0.4 is 20.7 Å². The number of hydrogen-bond acceptors (Lipinski definition) is 7. The van der Waals surface area contributed by atoms with Crippen LogP contribution in [0.15, 0.2) is 35.9 Å². The van der Waals surface area contributed by atoms with Crippen LogP contribution >= 0.6 is 0 Å². The second-order valence-corrected chi connectivity index (χ2v) is 12.5. The van der Waals surface area contributed by atoms with Crippen molar-refractivity contribution >= 4 is 23.5 Å². The highest BCUT2D eigenvalue weighted by Crippen LogP contribution is 2.36. The minimum Gasteiger partial charge on any atom is -0.497 e. The summed E-state index contributed by atoms with van der Waals surface area (Å²) in [6, 6.07) is 4.53. The van der Waals surface area contributed by atoms with Crippen molar-refractivity contribution in [1.29, 1.82) is 0 Å². The Kier molecular flexibility index (Phi) is 10.1. The van der Waals surface area contributed by atoms with E-state index >= 15 is 0 Å². The molecule has 3 amide bonds. The first-order valence-corrected chi connectivity index (χ1v) is 15.0. The van der Waals surface area contributed by atoms with Gasteiger partial charge in [0.1, 0.15) is 23.4 Å². The van der Waals surface area contributed by atoms with Crippen molar-refractivity contribution in [3.63, 3.8) is 0 Å². The van der Waals surface area contributed by atoms with Gasteiger partial charge in [0, 0.05) is 11.8 Å². The van der Waals surface area contributed by atoms with Gasteiger partial charge < -0.3 is 30.5 Å². The van der Waals surface area contributed by atoms with Crippen molar-refractivity contribution in [2.45, 2.75) is 108 Å². The molecule has 1 heterocycles. The van der Waals surface area contributed by atoms with Gasteiger partial charge in [-0.05, 0) is 82.9 Å². The average Bonchev–Trinajstić information content (AvgIpc) is 3.52. The third-order valence-electron chi connectivity index (χ3n) is 8.91. The predicted molar refractivity (Wildman–Crippen MR) is 157 cm³/mol. The minimum atomic E-state index is -0.994. The molecular formula is C32H45N3O7. The lowest BCUT2D eigenvalue weighted by Gasteiger charge is -2.35. The minimum absolute atomic E-state index is 0.176.